The van der Waals surface area contributed by atoms with Crippen LogP contribution in [0.2, 0.25) is 0 Å². The van der Waals surface area contributed by atoms with Gasteiger partial charge in [0.2, 0.25) is 0 Å². The second kappa shape index (κ2) is 10.1. The topological polar surface area (TPSA) is 17.1 Å². The third-order valence-electron chi connectivity index (χ3n) is 0.676. The summed E-state index contributed by atoms with van der Waals surface area (Å²) in [5.74, 6) is 0. The minimum atomic E-state index is 0. The molecule has 40 valence electrons. The molecule has 1 nitrogen and oxygen atoms in total. The van der Waals surface area contributed by atoms with Crippen LogP contribution in [0.1, 0.15) is 26.2 Å². The molecular formula is C5H10NdO. The normalized spacial score (nSPS) is 7.00. The van der Waals surface area contributed by atoms with Crippen molar-refractivity contribution in [2.24, 2.45) is 0 Å². The molecule has 0 aliphatic carbocycles. The van der Waals surface area contributed by atoms with Gasteiger partial charge in [-0.25, -0.2) is 0 Å². The molecule has 0 rings (SSSR count). The maximum absolute atomic E-state index is 9.56. The second-order valence-corrected chi connectivity index (χ2v) is 1.31. The molecule has 0 aliphatic heterocycles. The predicted molar refractivity (Wildman–Crippen MR) is 25.6 cm³/mol. The Labute approximate surface area is 77.4 Å². The second-order valence-electron chi connectivity index (χ2n) is 1.31. The van der Waals surface area contributed by atoms with Gasteiger partial charge in [-0.15, -0.1) is 0 Å². The summed E-state index contributed by atoms with van der Waals surface area (Å²) in [7, 11) is 0. The molecule has 0 radical (unpaired) electrons. The number of hydrogen-bond donors (Lipinski definition) is 0. The van der Waals surface area contributed by atoms with Crippen LogP contribution in [-0.4, -0.2) is 6.29 Å². The van der Waals surface area contributed by atoms with Crippen LogP contribution in [0.15, 0.2) is 0 Å². The standard InChI is InChI=1S/C5H10O.Nd/c1-2-3-4-5-6;/h5H,2-4H2,1H3;. The Hall–Kier alpha value is 1.02. The molecule has 0 fully saturated rings. The largest absolute Gasteiger partial charge is 0.303 e. The third kappa shape index (κ3) is 10.9. The van der Waals surface area contributed by atoms with Crippen molar-refractivity contribution in [3.8, 4) is 0 Å². The average molecular weight is 230 g/mol. The minimum Gasteiger partial charge on any atom is -0.303 e. The van der Waals surface area contributed by atoms with Crippen LogP contribution in [0.4, 0.5) is 0 Å². The van der Waals surface area contributed by atoms with Crippen molar-refractivity contribution in [1.29, 1.82) is 0 Å². The Balaban J connectivity index is 0. The van der Waals surface area contributed by atoms with Gasteiger partial charge in [0.25, 0.3) is 0 Å². The van der Waals surface area contributed by atoms with E-state index < -0.39 is 0 Å². The van der Waals surface area contributed by atoms with Crippen molar-refractivity contribution in [1.82, 2.24) is 0 Å². The van der Waals surface area contributed by atoms with Gasteiger partial charge in [0.15, 0.2) is 0 Å². The summed E-state index contributed by atoms with van der Waals surface area (Å²) in [4.78, 5) is 9.56. The first kappa shape index (κ1) is 10.9. The molecule has 0 aliphatic rings. The van der Waals surface area contributed by atoms with Gasteiger partial charge in [0.05, 0.1) is 0 Å². The predicted octanol–water partition coefficient (Wildman–Crippen LogP) is 1.38. The molecule has 0 aromatic carbocycles. The molecule has 7 heavy (non-hydrogen) atoms. The Morgan fingerprint density at radius 3 is 2.29 bits per heavy atom. The Morgan fingerprint density at radius 2 is 2.14 bits per heavy atom. The average Bonchev–Trinajstić information content (AvgIpc) is 1.61. The molecule has 0 aromatic heterocycles. The molecule has 0 saturated carbocycles. The van der Waals surface area contributed by atoms with Gasteiger partial charge >= 0.3 is 0 Å². The maximum atomic E-state index is 9.56. The van der Waals surface area contributed by atoms with Crippen LogP contribution in [0.3, 0.4) is 0 Å². The van der Waals surface area contributed by atoms with Gasteiger partial charge in [-0.05, 0) is 6.42 Å². The fraction of sp³-hybridized carbons (Fsp3) is 0.800. The summed E-state index contributed by atoms with van der Waals surface area (Å²) in [6, 6.07) is 0. The SMILES string of the molecule is CCCCC=O.[Nd]. The van der Waals surface area contributed by atoms with Gasteiger partial charge in [0.1, 0.15) is 6.29 Å². The van der Waals surface area contributed by atoms with Gasteiger partial charge in [-0.1, -0.05) is 13.3 Å². The van der Waals surface area contributed by atoms with E-state index in [0.29, 0.717) is 0 Å². The number of rotatable bonds is 3. The summed E-state index contributed by atoms with van der Waals surface area (Å²) in [5.41, 5.74) is 0. The first-order valence-electron chi connectivity index (χ1n) is 2.35. The quantitative estimate of drug-likeness (QED) is 0.529. The Morgan fingerprint density at radius 1 is 1.57 bits per heavy atom. The molecule has 0 unspecified atom stereocenters. The van der Waals surface area contributed by atoms with Crippen LogP contribution in [0, 0.1) is 40.8 Å². The molecule has 0 saturated heterocycles. The molecule has 0 atom stereocenters. The zero-order valence-electron chi connectivity index (χ0n) is 4.61. The van der Waals surface area contributed by atoms with Crippen molar-refractivity contribution in [3.05, 3.63) is 0 Å². The van der Waals surface area contributed by atoms with E-state index >= 15 is 0 Å². The first-order chi connectivity index (χ1) is 2.91. The summed E-state index contributed by atoms with van der Waals surface area (Å²) >= 11 is 0. The van der Waals surface area contributed by atoms with Crippen LogP contribution >= 0.6 is 0 Å². The monoisotopic (exact) mass is 228 g/mol. The Kier molecular flexibility index (Phi) is 15.7. The van der Waals surface area contributed by atoms with Crippen LogP contribution in [0.25, 0.3) is 0 Å². The zero-order chi connectivity index (χ0) is 4.83. The van der Waals surface area contributed by atoms with Crippen molar-refractivity contribution < 1.29 is 45.6 Å². The summed E-state index contributed by atoms with van der Waals surface area (Å²) in [5, 5.41) is 0. The molecule has 0 N–H and O–H groups in total. The van der Waals surface area contributed by atoms with E-state index in [4.69, 9.17) is 0 Å². The number of unbranched alkanes of at least 4 members (excludes halogenated alkanes) is 2. The van der Waals surface area contributed by atoms with E-state index in [-0.39, 0.29) is 40.8 Å². The van der Waals surface area contributed by atoms with Crippen molar-refractivity contribution in [3.63, 3.8) is 0 Å². The van der Waals surface area contributed by atoms with Gasteiger partial charge in [-0.3, -0.25) is 0 Å². The van der Waals surface area contributed by atoms with Crippen molar-refractivity contribution in [2.75, 3.05) is 0 Å². The molecule has 0 aromatic rings. The van der Waals surface area contributed by atoms with E-state index in [0.717, 1.165) is 25.5 Å². The van der Waals surface area contributed by atoms with E-state index in [2.05, 4.69) is 6.92 Å². The Bertz CT molecular complexity index is 37.1. The molecule has 2 heteroatoms. The van der Waals surface area contributed by atoms with Gasteiger partial charge in [-0.2, -0.15) is 0 Å². The molecule has 0 spiro atoms. The fourth-order valence-corrected chi connectivity index (χ4v) is 0.287. The van der Waals surface area contributed by atoms with Crippen LogP contribution in [0.5, 0.6) is 0 Å². The van der Waals surface area contributed by atoms with E-state index in [1.165, 1.54) is 0 Å². The van der Waals surface area contributed by atoms with Crippen molar-refractivity contribution >= 4 is 6.29 Å². The fourth-order valence-electron chi connectivity index (χ4n) is 0.287. The zero-order valence-corrected chi connectivity index (χ0v) is 7.82. The number of aldehydes is 1. The molecule has 0 bridgehead atoms. The number of hydrogen-bond acceptors (Lipinski definition) is 1. The molecule has 0 amide bonds. The molecular weight excluding hydrogens is 220 g/mol. The van der Waals surface area contributed by atoms with Crippen LogP contribution in [-0.2, 0) is 4.79 Å². The minimum absolute atomic E-state index is 0. The summed E-state index contributed by atoms with van der Waals surface area (Å²) in [6.07, 6.45) is 3.86. The van der Waals surface area contributed by atoms with E-state index in [1.54, 1.807) is 0 Å². The number of carbonyl (C=O) groups is 1. The van der Waals surface area contributed by atoms with E-state index in [9.17, 15) is 4.79 Å². The van der Waals surface area contributed by atoms with E-state index in [1.807, 2.05) is 0 Å². The van der Waals surface area contributed by atoms with Gasteiger partial charge in [0, 0.05) is 47.3 Å². The summed E-state index contributed by atoms with van der Waals surface area (Å²) in [6.45, 7) is 2.07. The maximum Gasteiger partial charge on any atom is 0.119 e. The van der Waals surface area contributed by atoms with Gasteiger partial charge < -0.3 is 4.79 Å². The number of carbonyl (C=O) groups excluding carboxylic acids is 1. The third-order valence-corrected chi connectivity index (χ3v) is 0.676. The summed E-state index contributed by atoms with van der Waals surface area (Å²) < 4.78 is 0. The smallest absolute Gasteiger partial charge is 0.119 e. The van der Waals surface area contributed by atoms with Crippen LogP contribution < -0.4 is 0 Å². The molecule has 0 heterocycles. The van der Waals surface area contributed by atoms with Crippen molar-refractivity contribution in [2.45, 2.75) is 26.2 Å². The first-order valence-corrected chi connectivity index (χ1v) is 2.35.